The summed E-state index contributed by atoms with van der Waals surface area (Å²) in [6.45, 7) is 7.88. The number of carbonyl (C=O) groups is 2. The van der Waals surface area contributed by atoms with Gasteiger partial charge >= 0.3 is 5.97 Å². The Balaban J connectivity index is 2.30. The molecule has 0 spiro atoms. The molecule has 0 radical (unpaired) electrons. The van der Waals surface area contributed by atoms with Crippen molar-refractivity contribution in [2.75, 3.05) is 6.54 Å². The van der Waals surface area contributed by atoms with Crippen molar-refractivity contribution in [1.29, 1.82) is 0 Å². The lowest BCUT2D eigenvalue weighted by molar-refractivity contribution is -0.163. The van der Waals surface area contributed by atoms with Gasteiger partial charge in [-0.05, 0) is 45.6 Å². The average molecular weight is 334 g/mol. The number of pyridine rings is 1. The zero-order valence-electron chi connectivity index (χ0n) is 15.0. The normalized spacial score (nSPS) is 21.5. The zero-order chi connectivity index (χ0) is 18.1. The lowest BCUT2D eigenvalue weighted by Gasteiger charge is -2.39. The molecule has 6 nitrogen and oxygen atoms in total. The minimum Gasteiger partial charge on any atom is -0.458 e. The number of nitrogens with zero attached hydrogens (tertiary/aromatic N) is 2. The predicted molar refractivity (Wildman–Crippen MR) is 90.8 cm³/mol. The van der Waals surface area contributed by atoms with Crippen molar-refractivity contribution in [3.05, 3.63) is 34.2 Å². The Hall–Kier alpha value is -2.11. The van der Waals surface area contributed by atoms with Crippen LogP contribution in [-0.4, -0.2) is 39.5 Å². The molecule has 0 N–H and O–H groups in total. The summed E-state index contributed by atoms with van der Waals surface area (Å²) in [7, 11) is 1.63. The molecule has 1 amide bonds. The molecule has 1 fully saturated rings. The SMILES string of the molecule is C[C@H]1CCCN(C(=O)c2ccn(C)c(=O)c2)[C@H]1C(=O)OC(C)(C)C. The Labute approximate surface area is 142 Å². The molecule has 1 aromatic rings. The lowest BCUT2D eigenvalue weighted by atomic mass is 9.90. The number of ether oxygens (including phenoxy) is 1. The van der Waals surface area contributed by atoms with Crippen LogP contribution in [0.4, 0.5) is 0 Å². The topological polar surface area (TPSA) is 68.6 Å². The van der Waals surface area contributed by atoms with Crippen molar-refractivity contribution in [3.63, 3.8) is 0 Å². The summed E-state index contributed by atoms with van der Waals surface area (Å²) in [5, 5.41) is 0. The Bertz CT molecular complexity index is 687. The number of hydrogen-bond donors (Lipinski definition) is 0. The maximum absolute atomic E-state index is 12.9. The molecule has 24 heavy (non-hydrogen) atoms. The first-order valence-electron chi connectivity index (χ1n) is 8.30. The highest BCUT2D eigenvalue weighted by Crippen LogP contribution is 2.27. The van der Waals surface area contributed by atoms with E-state index in [1.807, 2.05) is 27.7 Å². The third-order valence-electron chi connectivity index (χ3n) is 4.19. The summed E-state index contributed by atoms with van der Waals surface area (Å²) in [5.41, 5.74) is -0.549. The first-order chi connectivity index (χ1) is 11.1. The Morgan fingerprint density at radius 3 is 2.54 bits per heavy atom. The average Bonchev–Trinajstić information content (AvgIpc) is 2.47. The van der Waals surface area contributed by atoms with Gasteiger partial charge < -0.3 is 14.2 Å². The maximum atomic E-state index is 12.9. The Kier molecular flexibility index (Phi) is 5.16. The molecule has 2 heterocycles. The fourth-order valence-corrected chi connectivity index (χ4v) is 2.98. The fraction of sp³-hybridized carbons (Fsp3) is 0.611. The van der Waals surface area contributed by atoms with Gasteiger partial charge in [0.1, 0.15) is 11.6 Å². The van der Waals surface area contributed by atoms with Crippen molar-refractivity contribution in [1.82, 2.24) is 9.47 Å². The van der Waals surface area contributed by atoms with Crippen molar-refractivity contribution < 1.29 is 14.3 Å². The van der Waals surface area contributed by atoms with E-state index in [1.54, 1.807) is 24.2 Å². The number of aromatic nitrogens is 1. The van der Waals surface area contributed by atoms with Crippen LogP contribution in [0.3, 0.4) is 0 Å². The maximum Gasteiger partial charge on any atom is 0.329 e. The van der Waals surface area contributed by atoms with E-state index in [-0.39, 0.29) is 23.4 Å². The number of carbonyl (C=O) groups excluding carboxylic acids is 2. The van der Waals surface area contributed by atoms with E-state index in [0.717, 1.165) is 12.8 Å². The number of aryl methyl sites for hydroxylation is 1. The smallest absolute Gasteiger partial charge is 0.329 e. The fourth-order valence-electron chi connectivity index (χ4n) is 2.98. The van der Waals surface area contributed by atoms with Crippen molar-refractivity contribution in [2.45, 2.75) is 52.2 Å². The molecule has 1 aliphatic heterocycles. The van der Waals surface area contributed by atoms with Crippen LogP contribution < -0.4 is 5.56 Å². The Morgan fingerprint density at radius 2 is 1.96 bits per heavy atom. The van der Waals surface area contributed by atoms with E-state index in [2.05, 4.69) is 0 Å². The van der Waals surface area contributed by atoms with Crippen molar-refractivity contribution >= 4 is 11.9 Å². The first-order valence-corrected chi connectivity index (χ1v) is 8.30. The lowest BCUT2D eigenvalue weighted by Crippen LogP contribution is -2.53. The van der Waals surface area contributed by atoms with Gasteiger partial charge in [0, 0.05) is 31.4 Å². The van der Waals surface area contributed by atoms with E-state index in [9.17, 15) is 14.4 Å². The predicted octanol–water partition coefficient (Wildman–Crippen LogP) is 1.97. The molecule has 0 bridgehead atoms. The first kappa shape index (κ1) is 18.2. The molecule has 1 aromatic heterocycles. The molecule has 0 aromatic carbocycles. The minimum absolute atomic E-state index is 0.0177. The molecule has 6 heteroatoms. The van der Waals surface area contributed by atoms with Crippen LogP contribution in [-0.2, 0) is 16.6 Å². The Morgan fingerprint density at radius 1 is 1.29 bits per heavy atom. The highest BCUT2D eigenvalue weighted by molar-refractivity contribution is 5.97. The van der Waals surface area contributed by atoms with Crippen LogP contribution >= 0.6 is 0 Å². The zero-order valence-corrected chi connectivity index (χ0v) is 15.0. The van der Waals surface area contributed by atoms with Gasteiger partial charge in [-0.15, -0.1) is 0 Å². The highest BCUT2D eigenvalue weighted by atomic mass is 16.6. The summed E-state index contributed by atoms with van der Waals surface area (Å²) >= 11 is 0. The summed E-state index contributed by atoms with van der Waals surface area (Å²) in [6.07, 6.45) is 3.26. The summed E-state index contributed by atoms with van der Waals surface area (Å²) in [5.74, 6) is -0.661. The van der Waals surface area contributed by atoms with Gasteiger partial charge in [-0.3, -0.25) is 9.59 Å². The molecule has 0 aliphatic carbocycles. The van der Waals surface area contributed by atoms with Crippen molar-refractivity contribution in [3.8, 4) is 0 Å². The molecule has 2 rings (SSSR count). The van der Waals surface area contributed by atoms with E-state index < -0.39 is 11.6 Å². The van der Waals surface area contributed by atoms with Gasteiger partial charge in [0.15, 0.2) is 0 Å². The molecule has 2 atom stereocenters. The third kappa shape index (κ3) is 4.04. The van der Waals surface area contributed by atoms with E-state index in [4.69, 9.17) is 4.74 Å². The quantitative estimate of drug-likeness (QED) is 0.776. The summed E-state index contributed by atoms with van der Waals surface area (Å²) in [6, 6.07) is 2.30. The van der Waals surface area contributed by atoms with Gasteiger partial charge in [-0.1, -0.05) is 6.92 Å². The molecular weight excluding hydrogens is 308 g/mol. The highest BCUT2D eigenvalue weighted by Gasteiger charge is 2.39. The molecule has 1 aliphatic rings. The van der Waals surface area contributed by atoms with Crippen LogP contribution in [0.25, 0.3) is 0 Å². The van der Waals surface area contributed by atoms with Gasteiger partial charge in [-0.25, -0.2) is 4.79 Å². The van der Waals surface area contributed by atoms with E-state index in [1.165, 1.54) is 10.6 Å². The molecular formula is C18H26N2O4. The molecule has 0 unspecified atom stereocenters. The second kappa shape index (κ2) is 6.79. The largest absolute Gasteiger partial charge is 0.458 e. The van der Waals surface area contributed by atoms with Gasteiger partial charge in [-0.2, -0.15) is 0 Å². The standard InChI is InChI=1S/C18H26N2O4/c1-12-7-6-9-20(15(12)17(23)24-18(2,3)4)16(22)13-8-10-19(5)14(21)11-13/h8,10-12,15H,6-7,9H2,1-5H3/t12-,15+/m0/s1. The molecule has 132 valence electrons. The van der Waals surface area contributed by atoms with E-state index >= 15 is 0 Å². The third-order valence-corrected chi connectivity index (χ3v) is 4.19. The summed E-state index contributed by atoms with van der Waals surface area (Å²) < 4.78 is 6.91. The van der Waals surface area contributed by atoms with E-state index in [0.29, 0.717) is 12.1 Å². The molecule has 0 saturated carbocycles. The second-order valence-corrected chi connectivity index (χ2v) is 7.46. The second-order valence-electron chi connectivity index (χ2n) is 7.46. The number of hydrogen-bond acceptors (Lipinski definition) is 4. The number of likely N-dealkylation sites (tertiary alicyclic amines) is 1. The minimum atomic E-state index is -0.616. The van der Waals surface area contributed by atoms with Crippen LogP contribution in [0.2, 0.25) is 0 Å². The van der Waals surface area contributed by atoms with Crippen LogP contribution in [0.15, 0.2) is 23.1 Å². The van der Waals surface area contributed by atoms with Crippen LogP contribution in [0.5, 0.6) is 0 Å². The number of amides is 1. The van der Waals surface area contributed by atoms with Crippen LogP contribution in [0, 0.1) is 5.92 Å². The number of rotatable bonds is 2. The number of piperidine rings is 1. The van der Waals surface area contributed by atoms with Gasteiger partial charge in [0.05, 0.1) is 0 Å². The van der Waals surface area contributed by atoms with Gasteiger partial charge in [0.2, 0.25) is 0 Å². The van der Waals surface area contributed by atoms with Crippen LogP contribution in [0.1, 0.15) is 50.9 Å². The summed E-state index contributed by atoms with van der Waals surface area (Å²) in [4.78, 5) is 38.8. The number of esters is 1. The monoisotopic (exact) mass is 334 g/mol. The van der Waals surface area contributed by atoms with Crippen molar-refractivity contribution in [2.24, 2.45) is 13.0 Å². The molecule has 1 saturated heterocycles. The van der Waals surface area contributed by atoms with Gasteiger partial charge in [0.25, 0.3) is 11.5 Å².